The molecule has 4 nitrogen and oxygen atoms in total. The molecule has 2 rings (SSSR count). The van der Waals surface area contributed by atoms with Crippen LogP contribution in [0.3, 0.4) is 0 Å². The summed E-state index contributed by atoms with van der Waals surface area (Å²) in [7, 11) is 1.89. The van der Waals surface area contributed by atoms with Crippen LogP contribution in [0.15, 0.2) is 6.20 Å². The molecule has 0 aliphatic heterocycles. The van der Waals surface area contributed by atoms with E-state index in [2.05, 4.69) is 21.9 Å². The summed E-state index contributed by atoms with van der Waals surface area (Å²) in [5.41, 5.74) is 1.02. The molecule has 15 heavy (non-hydrogen) atoms. The second-order valence-corrected chi connectivity index (χ2v) is 5.50. The van der Waals surface area contributed by atoms with E-state index in [1.165, 1.54) is 19.3 Å². The van der Waals surface area contributed by atoms with Gasteiger partial charge in [0.25, 0.3) is 0 Å². The van der Waals surface area contributed by atoms with Gasteiger partial charge in [-0.25, -0.2) is 0 Å². The molecule has 1 aliphatic carbocycles. The van der Waals surface area contributed by atoms with Crippen LogP contribution in [0.2, 0.25) is 0 Å². The molecule has 84 valence electrons. The summed E-state index contributed by atoms with van der Waals surface area (Å²) in [6.45, 7) is 1.92. The van der Waals surface area contributed by atoms with Crippen LogP contribution in [0.5, 0.6) is 0 Å². The monoisotopic (exact) mass is 226 g/mol. The van der Waals surface area contributed by atoms with Crippen LogP contribution in [0, 0.1) is 0 Å². The Labute approximate surface area is 94.8 Å². The number of thioether (sulfide) groups is 1. The highest BCUT2D eigenvalue weighted by atomic mass is 32.2. The predicted molar refractivity (Wildman–Crippen MR) is 62.8 cm³/mol. The van der Waals surface area contributed by atoms with Crippen molar-refractivity contribution in [3.63, 3.8) is 0 Å². The first-order valence-electron chi connectivity index (χ1n) is 5.35. The van der Waals surface area contributed by atoms with Gasteiger partial charge in [0.05, 0.1) is 5.69 Å². The summed E-state index contributed by atoms with van der Waals surface area (Å²) in [6, 6.07) is 0. The van der Waals surface area contributed by atoms with E-state index >= 15 is 0 Å². The lowest BCUT2D eigenvalue weighted by atomic mass is 9.84. The highest BCUT2D eigenvalue weighted by molar-refractivity contribution is 8.00. The van der Waals surface area contributed by atoms with E-state index in [0.29, 0.717) is 4.75 Å². The largest absolute Gasteiger partial charge is 0.310 e. The topological polar surface area (TPSA) is 42.7 Å². The summed E-state index contributed by atoms with van der Waals surface area (Å²) < 4.78 is 2.24. The minimum atomic E-state index is 0.502. The molecule has 1 aromatic rings. The van der Waals surface area contributed by atoms with Crippen molar-refractivity contribution in [2.45, 2.75) is 30.6 Å². The Bertz CT molecular complexity index is 313. The van der Waals surface area contributed by atoms with Crippen LogP contribution in [0.1, 0.15) is 25.0 Å². The van der Waals surface area contributed by atoms with Crippen molar-refractivity contribution in [1.82, 2.24) is 20.3 Å². The number of nitrogens with zero attached hydrogens (tertiary/aromatic N) is 3. The quantitative estimate of drug-likeness (QED) is 0.819. The maximum atomic E-state index is 4.05. The van der Waals surface area contributed by atoms with Crippen molar-refractivity contribution < 1.29 is 0 Å². The molecule has 0 radical (unpaired) electrons. The van der Waals surface area contributed by atoms with E-state index in [1.807, 2.05) is 25.0 Å². The third kappa shape index (κ3) is 2.52. The van der Waals surface area contributed by atoms with Crippen molar-refractivity contribution in [1.29, 1.82) is 0 Å². The molecule has 0 aromatic carbocycles. The predicted octanol–water partition coefficient (Wildman–Crippen LogP) is 1.19. The average Bonchev–Trinajstić information content (AvgIpc) is 2.56. The van der Waals surface area contributed by atoms with Crippen molar-refractivity contribution in [3.05, 3.63) is 11.9 Å². The second kappa shape index (κ2) is 4.53. The first-order chi connectivity index (χ1) is 7.24. The fourth-order valence-corrected chi connectivity index (χ4v) is 2.86. The average molecular weight is 226 g/mol. The molecule has 1 fully saturated rings. The number of hydrogen-bond donors (Lipinski definition) is 1. The summed E-state index contributed by atoms with van der Waals surface area (Å²) in [5, 5.41) is 11.4. The van der Waals surface area contributed by atoms with Gasteiger partial charge in [-0.05, 0) is 19.1 Å². The van der Waals surface area contributed by atoms with E-state index < -0.39 is 0 Å². The van der Waals surface area contributed by atoms with Crippen LogP contribution in [-0.4, -0.2) is 32.5 Å². The van der Waals surface area contributed by atoms with E-state index in [1.54, 1.807) is 4.68 Å². The highest BCUT2D eigenvalue weighted by Crippen LogP contribution is 2.42. The molecular weight excluding hydrogens is 208 g/mol. The minimum absolute atomic E-state index is 0.502. The summed E-state index contributed by atoms with van der Waals surface area (Å²) >= 11 is 2.00. The van der Waals surface area contributed by atoms with Crippen molar-refractivity contribution in [3.8, 4) is 0 Å². The van der Waals surface area contributed by atoms with Crippen molar-refractivity contribution in [2.24, 2.45) is 7.05 Å². The lowest BCUT2D eigenvalue weighted by Crippen LogP contribution is -2.43. The maximum Gasteiger partial charge on any atom is 0.0964 e. The van der Waals surface area contributed by atoms with Gasteiger partial charge in [0.1, 0.15) is 0 Å². The molecule has 1 aliphatic rings. The van der Waals surface area contributed by atoms with Gasteiger partial charge < -0.3 is 5.32 Å². The Morgan fingerprint density at radius 2 is 2.40 bits per heavy atom. The zero-order valence-electron chi connectivity index (χ0n) is 9.36. The number of aromatic nitrogens is 3. The lowest BCUT2D eigenvalue weighted by molar-refractivity contribution is 0.345. The van der Waals surface area contributed by atoms with Crippen LogP contribution in [0.4, 0.5) is 0 Å². The molecule has 1 N–H and O–H groups in total. The number of aryl methyl sites for hydroxylation is 1. The fraction of sp³-hybridized carbons (Fsp3) is 0.800. The van der Waals surface area contributed by atoms with Crippen LogP contribution in [0.25, 0.3) is 0 Å². The molecule has 0 unspecified atom stereocenters. The Kier molecular flexibility index (Phi) is 3.31. The number of nitrogens with one attached hydrogen (secondary N) is 1. The summed E-state index contributed by atoms with van der Waals surface area (Å²) in [5.74, 6) is 0. The van der Waals surface area contributed by atoms with Gasteiger partial charge >= 0.3 is 0 Å². The first-order valence-corrected chi connectivity index (χ1v) is 6.58. The van der Waals surface area contributed by atoms with E-state index in [4.69, 9.17) is 0 Å². The van der Waals surface area contributed by atoms with E-state index in [-0.39, 0.29) is 0 Å². The molecule has 1 saturated carbocycles. The maximum absolute atomic E-state index is 4.05. The molecule has 0 bridgehead atoms. The molecule has 0 saturated heterocycles. The Hall–Kier alpha value is -0.550. The third-order valence-corrected chi connectivity index (χ3v) is 4.52. The molecule has 0 atom stereocenters. The fourth-order valence-electron chi connectivity index (χ4n) is 1.92. The standard InChI is InChI=1S/C10H18N4S/c1-14-7-9(12-13-14)6-11-8-10(15-2)4-3-5-10/h7,11H,3-6,8H2,1-2H3. The molecule has 1 heterocycles. The SMILES string of the molecule is CSC1(CNCc2cn(C)nn2)CCC1. The zero-order valence-corrected chi connectivity index (χ0v) is 10.2. The van der Waals surface area contributed by atoms with Crippen LogP contribution in [-0.2, 0) is 13.6 Å². The Morgan fingerprint density at radius 3 is 2.87 bits per heavy atom. The van der Waals surface area contributed by atoms with E-state index in [0.717, 1.165) is 18.8 Å². The van der Waals surface area contributed by atoms with E-state index in [9.17, 15) is 0 Å². The second-order valence-electron chi connectivity index (χ2n) is 4.23. The first kappa shape index (κ1) is 11.0. The van der Waals surface area contributed by atoms with Gasteiger partial charge in [0.2, 0.25) is 0 Å². The molecule has 1 aromatic heterocycles. The molecule has 0 amide bonds. The van der Waals surface area contributed by atoms with Crippen molar-refractivity contribution >= 4 is 11.8 Å². The van der Waals surface area contributed by atoms with Gasteiger partial charge in [-0.3, -0.25) is 4.68 Å². The summed E-state index contributed by atoms with van der Waals surface area (Å²) in [6.07, 6.45) is 8.25. The Balaban J connectivity index is 1.74. The Morgan fingerprint density at radius 1 is 1.60 bits per heavy atom. The normalized spacial score (nSPS) is 18.8. The minimum Gasteiger partial charge on any atom is -0.310 e. The summed E-state index contributed by atoms with van der Waals surface area (Å²) in [4.78, 5) is 0. The zero-order chi connectivity index (χ0) is 10.7. The third-order valence-electron chi connectivity index (χ3n) is 3.10. The number of rotatable bonds is 5. The smallest absolute Gasteiger partial charge is 0.0964 e. The number of hydrogen-bond acceptors (Lipinski definition) is 4. The highest BCUT2D eigenvalue weighted by Gasteiger charge is 2.35. The van der Waals surface area contributed by atoms with Crippen molar-refractivity contribution in [2.75, 3.05) is 12.8 Å². The van der Waals surface area contributed by atoms with Gasteiger partial charge in [-0.2, -0.15) is 11.8 Å². The lowest BCUT2D eigenvalue weighted by Gasteiger charge is -2.40. The van der Waals surface area contributed by atoms with Gasteiger partial charge in [-0.15, -0.1) is 5.10 Å². The van der Waals surface area contributed by atoms with Crippen LogP contribution >= 0.6 is 11.8 Å². The molecule has 0 spiro atoms. The molecular formula is C10H18N4S. The van der Waals surface area contributed by atoms with Gasteiger partial charge in [0.15, 0.2) is 0 Å². The van der Waals surface area contributed by atoms with Crippen LogP contribution < -0.4 is 5.32 Å². The molecule has 5 heteroatoms. The van der Waals surface area contributed by atoms with Gasteiger partial charge in [-0.1, -0.05) is 11.6 Å². The van der Waals surface area contributed by atoms with Gasteiger partial charge in [0, 0.05) is 31.1 Å².